The van der Waals surface area contributed by atoms with Gasteiger partial charge in [0.2, 0.25) is 0 Å². The molecule has 3 rings (SSSR count). The highest BCUT2D eigenvalue weighted by Crippen LogP contribution is 2.32. The molecule has 1 aromatic carbocycles. The molecule has 2 aromatic rings. The number of rotatable bonds is 12. The lowest BCUT2D eigenvalue weighted by atomic mass is 10.1. The molecule has 1 unspecified atom stereocenters. The van der Waals surface area contributed by atoms with Gasteiger partial charge < -0.3 is 30.2 Å². The first-order valence-corrected chi connectivity index (χ1v) is 10.9. The van der Waals surface area contributed by atoms with Gasteiger partial charge in [0.15, 0.2) is 11.6 Å². The average Bonchev–Trinajstić information content (AvgIpc) is 2.80. The van der Waals surface area contributed by atoms with Crippen LogP contribution in [-0.2, 0) is 16.1 Å². The van der Waals surface area contributed by atoms with Crippen LogP contribution in [0.5, 0.6) is 11.5 Å². The van der Waals surface area contributed by atoms with Crippen LogP contribution in [0.15, 0.2) is 47.9 Å². The van der Waals surface area contributed by atoms with Gasteiger partial charge >= 0.3 is 6.61 Å². The number of para-hydroxylation sites is 1. The van der Waals surface area contributed by atoms with Gasteiger partial charge in [-0.3, -0.25) is 9.78 Å². The lowest BCUT2D eigenvalue weighted by Crippen LogP contribution is -2.40. The Morgan fingerprint density at radius 3 is 2.85 bits per heavy atom. The molecule has 184 valence electrons. The molecule has 0 aliphatic carbocycles. The van der Waals surface area contributed by atoms with E-state index in [9.17, 15) is 18.0 Å². The molecule has 0 radical (unpaired) electrons. The van der Waals surface area contributed by atoms with Gasteiger partial charge in [-0.25, -0.2) is 4.39 Å². The van der Waals surface area contributed by atoms with E-state index in [0.29, 0.717) is 44.2 Å². The molecule has 3 N–H and O–H groups in total. The Bertz CT molecular complexity index is 1030. The Morgan fingerprint density at radius 2 is 2.09 bits per heavy atom. The zero-order valence-electron chi connectivity index (χ0n) is 18.3. The van der Waals surface area contributed by atoms with Crippen molar-refractivity contribution in [2.75, 3.05) is 32.2 Å². The van der Waals surface area contributed by atoms with Crippen LogP contribution in [0, 0.1) is 5.82 Å². The molecular formula is C22H25F3N4O4S. The number of halogens is 3. The van der Waals surface area contributed by atoms with Crippen LogP contribution < -0.4 is 25.4 Å². The van der Waals surface area contributed by atoms with Crippen molar-refractivity contribution in [3.8, 4) is 11.5 Å². The Morgan fingerprint density at radius 1 is 1.26 bits per heavy atom. The number of methoxy groups -OCH3 is 1. The first-order chi connectivity index (χ1) is 16.4. The van der Waals surface area contributed by atoms with E-state index in [1.165, 1.54) is 12.1 Å². The molecule has 2 heterocycles. The monoisotopic (exact) mass is 498 g/mol. The number of alkyl halides is 2. The number of pyridine rings is 1. The molecule has 0 saturated carbocycles. The minimum atomic E-state index is -3.22. The van der Waals surface area contributed by atoms with E-state index in [2.05, 4.69) is 38.3 Å². The van der Waals surface area contributed by atoms with Gasteiger partial charge in [-0.2, -0.15) is 8.78 Å². The van der Waals surface area contributed by atoms with Crippen LogP contribution in [0.1, 0.15) is 12.0 Å². The minimum Gasteiger partial charge on any atom is -0.489 e. The van der Waals surface area contributed by atoms with E-state index in [0.717, 1.165) is 11.6 Å². The molecule has 0 saturated heterocycles. The number of ether oxygens (including phenoxy) is 3. The van der Waals surface area contributed by atoms with E-state index in [1.807, 2.05) is 0 Å². The number of hydrogen-bond acceptors (Lipinski definition) is 8. The average molecular weight is 499 g/mol. The molecule has 0 fully saturated rings. The fraction of sp³-hybridized carbons (Fsp3) is 0.364. The van der Waals surface area contributed by atoms with Crippen molar-refractivity contribution in [1.29, 1.82) is 0 Å². The van der Waals surface area contributed by atoms with Crippen molar-refractivity contribution >= 4 is 24.2 Å². The maximum Gasteiger partial charge on any atom is 0.387 e. The van der Waals surface area contributed by atoms with E-state index in [1.54, 1.807) is 25.6 Å². The quantitative estimate of drug-likeness (QED) is 0.203. The predicted octanol–water partition coefficient (Wildman–Crippen LogP) is 3.08. The molecule has 1 atom stereocenters. The minimum absolute atomic E-state index is 0.0616. The van der Waals surface area contributed by atoms with Gasteiger partial charge in [-0.15, -0.1) is 12.6 Å². The number of benzene rings is 1. The fourth-order valence-electron chi connectivity index (χ4n) is 3.31. The van der Waals surface area contributed by atoms with Gasteiger partial charge in [-0.05, 0) is 18.2 Å². The van der Waals surface area contributed by atoms with Gasteiger partial charge in [0, 0.05) is 44.1 Å². The summed E-state index contributed by atoms with van der Waals surface area (Å²) < 4.78 is 54.6. The highest BCUT2D eigenvalue weighted by Gasteiger charge is 2.27. The summed E-state index contributed by atoms with van der Waals surface area (Å²) in [5, 5.41) is 7.82. The Hall–Kier alpha value is -3.12. The van der Waals surface area contributed by atoms with Crippen LogP contribution >= 0.6 is 12.6 Å². The molecule has 1 amide bonds. The van der Waals surface area contributed by atoms with Crippen LogP contribution in [0.2, 0.25) is 0 Å². The number of aromatic nitrogens is 1. The number of amides is 1. The zero-order valence-corrected chi connectivity index (χ0v) is 19.2. The molecule has 8 nitrogen and oxygen atoms in total. The predicted molar refractivity (Wildman–Crippen MR) is 123 cm³/mol. The number of nitrogens with one attached hydrogen (secondary N) is 3. The third-order valence-corrected chi connectivity index (χ3v) is 5.26. The van der Waals surface area contributed by atoms with Crippen molar-refractivity contribution < 1.29 is 32.2 Å². The Kier molecular flexibility index (Phi) is 9.28. The van der Waals surface area contributed by atoms with E-state index in [-0.39, 0.29) is 17.2 Å². The van der Waals surface area contributed by atoms with Crippen LogP contribution in [0.3, 0.4) is 0 Å². The molecule has 0 bridgehead atoms. The van der Waals surface area contributed by atoms with Gasteiger partial charge in [0.25, 0.3) is 5.91 Å². The Labute approximate surface area is 200 Å². The smallest absolute Gasteiger partial charge is 0.387 e. The SMILES string of the molecule is COCCOc1cnccc1CNC1=C(C(S)Nc2cccc(F)c2OC(F)F)C(=O)NCC1. The summed E-state index contributed by atoms with van der Waals surface area (Å²) in [6, 6.07) is 5.48. The van der Waals surface area contributed by atoms with Crippen LogP contribution in [-0.4, -0.2) is 49.7 Å². The van der Waals surface area contributed by atoms with Crippen molar-refractivity contribution in [2.24, 2.45) is 0 Å². The largest absolute Gasteiger partial charge is 0.489 e. The van der Waals surface area contributed by atoms with Crippen LogP contribution in [0.4, 0.5) is 18.9 Å². The first-order valence-electron chi connectivity index (χ1n) is 10.4. The lowest BCUT2D eigenvalue weighted by Gasteiger charge is -2.27. The molecule has 1 aromatic heterocycles. The number of carbonyl (C=O) groups is 1. The third kappa shape index (κ3) is 6.70. The number of anilines is 1. The highest BCUT2D eigenvalue weighted by molar-refractivity contribution is 7.81. The normalized spacial score (nSPS) is 14.6. The molecule has 1 aliphatic heterocycles. The highest BCUT2D eigenvalue weighted by atomic mass is 32.1. The lowest BCUT2D eigenvalue weighted by molar-refractivity contribution is -0.118. The van der Waals surface area contributed by atoms with Gasteiger partial charge in [0.05, 0.1) is 24.1 Å². The van der Waals surface area contributed by atoms with Gasteiger partial charge in [0.1, 0.15) is 17.7 Å². The second kappa shape index (κ2) is 12.4. The Balaban J connectivity index is 1.80. The molecule has 12 heteroatoms. The maximum absolute atomic E-state index is 14.1. The summed E-state index contributed by atoms with van der Waals surface area (Å²) in [7, 11) is 1.57. The summed E-state index contributed by atoms with van der Waals surface area (Å²) >= 11 is 4.45. The topological polar surface area (TPSA) is 93.7 Å². The second-order valence-electron chi connectivity index (χ2n) is 7.12. The van der Waals surface area contributed by atoms with Crippen molar-refractivity contribution in [3.63, 3.8) is 0 Å². The number of carbonyl (C=O) groups excluding carboxylic acids is 1. The van der Waals surface area contributed by atoms with E-state index < -0.39 is 23.6 Å². The summed E-state index contributed by atoms with van der Waals surface area (Å²) in [6.07, 6.45) is 3.70. The summed E-state index contributed by atoms with van der Waals surface area (Å²) in [4.78, 5) is 16.7. The van der Waals surface area contributed by atoms with Crippen molar-refractivity contribution in [1.82, 2.24) is 15.6 Å². The summed E-state index contributed by atoms with van der Waals surface area (Å²) in [6.45, 7) is -1.71. The fourth-order valence-corrected chi connectivity index (χ4v) is 3.73. The number of thiol groups is 1. The van der Waals surface area contributed by atoms with Crippen molar-refractivity contribution in [2.45, 2.75) is 25.0 Å². The summed E-state index contributed by atoms with van der Waals surface area (Å²) in [5.41, 5.74) is 1.60. The second-order valence-corrected chi connectivity index (χ2v) is 7.63. The van der Waals surface area contributed by atoms with Gasteiger partial charge in [-0.1, -0.05) is 6.07 Å². The van der Waals surface area contributed by atoms with Crippen LogP contribution in [0.25, 0.3) is 0 Å². The molecule has 1 aliphatic rings. The number of hydrogen-bond donors (Lipinski definition) is 4. The first kappa shape index (κ1) is 25.5. The van der Waals surface area contributed by atoms with E-state index >= 15 is 0 Å². The third-order valence-electron chi connectivity index (χ3n) is 4.88. The molecular weight excluding hydrogens is 473 g/mol. The number of nitrogens with zero attached hydrogens (tertiary/aromatic N) is 1. The summed E-state index contributed by atoms with van der Waals surface area (Å²) in [5.74, 6) is -1.44. The molecule has 0 spiro atoms. The standard InChI is InChI=1S/C22H25F3N4O4S/c1-31-9-10-32-17-12-26-7-5-13(17)11-28-15-6-8-27-20(30)18(15)21(34)29-16-4-2-3-14(23)19(16)33-22(24)25/h2-5,7,12,21-22,28-29,34H,6,8-11H2,1H3,(H,27,30). The van der Waals surface area contributed by atoms with E-state index in [4.69, 9.17) is 9.47 Å². The maximum atomic E-state index is 14.1. The van der Waals surface area contributed by atoms with Crippen molar-refractivity contribution in [3.05, 3.63) is 59.3 Å². The zero-order chi connectivity index (χ0) is 24.5. The molecule has 34 heavy (non-hydrogen) atoms.